The summed E-state index contributed by atoms with van der Waals surface area (Å²) in [6.45, 7) is -0.201. The zero-order valence-corrected chi connectivity index (χ0v) is 15.2. The van der Waals surface area contributed by atoms with E-state index in [1.54, 1.807) is 48.5 Å². The van der Waals surface area contributed by atoms with Crippen LogP contribution in [0.2, 0.25) is 10.0 Å². The van der Waals surface area contributed by atoms with Crippen molar-refractivity contribution in [3.63, 3.8) is 0 Å². The summed E-state index contributed by atoms with van der Waals surface area (Å²) >= 11 is 11.9. The zero-order valence-electron chi connectivity index (χ0n) is 13.7. The molecule has 0 spiro atoms. The van der Waals surface area contributed by atoms with Gasteiger partial charge in [0, 0.05) is 23.6 Å². The summed E-state index contributed by atoms with van der Waals surface area (Å²) in [4.78, 5) is 38.0. The summed E-state index contributed by atoms with van der Waals surface area (Å²) in [5.41, 5.74) is 0.967. The lowest BCUT2D eigenvalue weighted by atomic mass is 10.1. The highest BCUT2D eigenvalue weighted by atomic mass is 35.5. The Balaban J connectivity index is 1.59. The van der Waals surface area contributed by atoms with Crippen LogP contribution in [0.25, 0.3) is 0 Å². The lowest BCUT2D eigenvalue weighted by Crippen LogP contribution is -2.27. The van der Waals surface area contributed by atoms with Crippen LogP contribution in [0.1, 0.15) is 16.8 Å². The predicted octanol–water partition coefficient (Wildman–Crippen LogP) is 3.77. The molecular formula is C19H15Cl2NO4. The monoisotopic (exact) mass is 391 g/mol. The fourth-order valence-electron chi connectivity index (χ4n) is 2.74. The minimum Gasteiger partial charge on any atom is -0.457 e. The molecule has 26 heavy (non-hydrogen) atoms. The number of esters is 1. The van der Waals surface area contributed by atoms with Crippen molar-refractivity contribution >= 4 is 46.5 Å². The van der Waals surface area contributed by atoms with Crippen LogP contribution in [0, 0.1) is 5.92 Å². The molecule has 134 valence electrons. The molecule has 1 aliphatic rings. The third-order valence-electron chi connectivity index (χ3n) is 4.11. The second kappa shape index (κ2) is 7.89. The molecular weight excluding hydrogens is 377 g/mol. The maximum absolute atomic E-state index is 12.2. The number of anilines is 1. The van der Waals surface area contributed by atoms with Crippen molar-refractivity contribution in [2.45, 2.75) is 6.42 Å². The fraction of sp³-hybridized carbons (Fsp3) is 0.211. The van der Waals surface area contributed by atoms with Crippen LogP contribution in [0.15, 0.2) is 48.5 Å². The first-order chi connectivity index (χ1) is 12.5. The van der Waals surface area contributed by atoms with Crippen LogP contribution < -0.4 is 4.90 Å². The Kier molecular flexibility index (Phi) is 5.59. The van der Waals surface area contributed by atoms with Gasteiger partial charge in [-0.15, -0.1) is 0 Å². The molecule has 0 aromatic heterocycles. The van der Waals surface area contributed by atoms with E-state index in [1.165, 1.54) is 4.90 Å². The van der Waals surface area contributed by atoms with E-state index >= 15 is 0 Å². The molecule has 5 nitrogen and oxygen atoms in total. The summed E-state index contributed by atoms with van der Waals surface area (Å²) in [7, 11) is 0. The number of ketones is 1. The maximum Gasteiger partial charge on any atom is 0.311 e. The molecule has 1 aliphatic heterocycles. The summed E-state index contributed by atoms with van der Waals surface area (Å²) < 4.78 is 5.10. The fourth-order valence-corrected chi connectivity index (χ4v) is 3.11. The molecule has 0 saturated carbocycles. The van der Waals surface area contributed by atoms with Gasteiger partial charge in [0.2, 0.25) is 5.91 Å². The third kappa shape index (κ3) is 4.06. The van der Waals surface area contributed by atoms with Crippen molar-refractivity contribution in [3.05, 3.63) is 64.1 Å². The van der Waals surface area contributed by atoms with E-state index in [0.717, 1.165) is 0 Å². The first-order valence-electron chi connectivity index (χ1n) is 7.96. The highest BCUT2D eigenvalue weighted by Gasteiger charge is 2.37. The number of rotatable bonds is 5. The minimum atomic E-state index is -0.628. The van der Waals surface area contributed by atoms with Gasteiger partial charge in [-0.2, -0.15) is 0 Å². The van der Waals surface area contributed by atoms with E-state index in [9.17, 15) is 14.4 Å². The Hall–Kier alpha value is -2.37. The van der Waals surface area contributed by atoms with Crippen molar-refractivity contribution in [3.8, 4) is 0 Å². The number of nitrogens with zero attached hydrogens (tertiary/aromatic N) is 1. The van der Waals surface area contributed by atoms with Gasteiger partial charge in [-0.05, 0) is 36.4 Å². The number of para-hydroxylation sites is 1. The number of halogens is 2. The number of hydrogen-bond donors (Lipinski definition) is 0. The molecule has 0 unspecified atom stereocenters. The molecule has 1 amide bonds. The Morgan fingerprint density at radius 2 is 1.77 bits per heavy atom. The lowest BCUT2D eigenvalue weighted by Gasteiger charge is -2.17. The van der Waals surface area contributed by atoms with Gasteiger partial charge in [0.05, 0.1) is 16.6 Å². The second-order valence-corrected chi connectivity index (χ2v) is 6.74. The lowest BCUT2D eigenvalue weighted by molar-refractivity contribution is -0.147. The first-order valence-corrected chi connectivity index (χ1v) is 8.71. The Labute approximate surface area is 160 Å². The average molecular weight is 392 g/mol. The van der Waals surface area contributed by atoms with Gasteiger partial charge in [-0.1, -0.05) is 35.3 Å². The molecule has 0 aliphatic carbocycles. The topological polar surface area (TPSA) is 63.7 Å². The van der Waals surface area contributed by atoms with E-state index in [2.05, 4.69) is 0 Å². The van der Waals surface area contributed by atoms with Crippen molar-refractivity contribution < 1.29 is 19.1 Å². The molecule has 0 bridgehead atoms. The summed E-state index contributed by atoms with van der Waals surface area (Å²) in [6.07, 6.45) is 0.0270. The Bertz CT molecular complexity index is 851. The van der Waals surface area contributed by atoms with Gasteiger partial charge < -0.3 is 9.64 Å². The van der Waals surface area contributed by atoms with E-state index in [-0.39, 0.29) is 31.3 Å². The standard InChI is InChI=1S/C19H15Cl2NO4/c20-14-7-5-12(6-8-14)17(23)11-26-19(25)13-9-18(24)22(10-13)16-4-2-1-3-15(16)21/h1-8,13H,9-11H2/t13-/m1/s1. The van der Waals surface area contributed by atoms with Crippen LogP contribution in [-0.4, -0.2) is 30.8 Å². The molecule has 7 heteroatoms. The molecule has 1 heterocycles. The predicted molar refractivity (Wildman–Crippen MR) is 98.7 cm³/mol. The number of benzene rings is 2. The van der Waals surface area contributed by atoms with Crippen LogP contribution in [-0.2, 0) is 14.3 Å². The molecule has 0 N–H and O–H groups in total. The van der Waals surface area contributed by atoms with Gasteiger partial charge >= 0.3 is 5.97 Å². The third-order valence-corrected chi connectivity index (χ3v) is 4.68. The highest BCUT2D eigenvalue weighted by molar-refractivity contribution is 6.34. The van der Waals surface area contributed by atoms with E-state index < -0.39 is 11.9 Å². The molecule has 1 fully saturated rings. The van der Waals surface area contributed by atoms with Crippen molar-refractivity contribution in [1.29, 1.82) is 0 Å². The smallest absolute Gasteiger partial charge is 0.311 e. The maximum atomic E-state index is 12.2. The number of hydrogen-bond acceptors (Lipinski definition) is 4. The summed E-state index contributed by atoms with van der Waals surface area (Å²) in [6, 6.07) is 13.2. The van der Waals surface area contributed by atoms with Gasteiger partial charge in [0.15, 0.2) is 12.4 Å². The van der Waals surface area contributed by atoms with E-state index in [4.69, 9.17) is 27.9 Å². The quantitative estimate of drug-likeness (QED) is 0.574. The van der Waals surface area contributed by atoms with Crippen LogP contribution in [0.4, 0.5) is 5.69 Å². The zero-order chi connectivity index (χ0) is 18.7. The second-order valence-electron chi connectivity index (χ2n) is 5.89. The number of amides is 1. The number of Topliss-reactive ketones (excluding diaryl/α,β-unsaturated/α-hetero) is 1. The van der Waals surface area contributed by atoms with Gasteiger partial charge in [-0.25, -0.2) is 0 Å². The van der Waals surface area contributed by atoms with E-state index in [1.807, 2.05) is 0 Å². The van der Waals surface area contributed by atoms with Crippen molar-refractivity contribution in [2.75, 3.05) is 18.1 Å². The first kappa shape index (κ1) is 18.4. The van der Waals surface area contributed by atoms with E-state index in [0.29, 0.717) is 21.3 Å². The molecule has 3 rings (SSSR count). The number of ether oxygens (including phenoxy) is 1. The molecule has 2 aromatic carbocycles. The Morgan fingerprint density at radius 1 is 1.08 bits per heavy atom. The van der Waals surface area contributed by atoms with Crippen LogP contribution >= 0.6 is 23.2 Å². The molecule has 1 saturated heterocycles. The molecule has 2 aromatic rings. The largest absolute Gasteiger partial charge is 0.457 e. The summed E-state index contributed by atoms with van der Waals surface area (Å²) in [5.74, 6) is -1.74. The Morgan fingerprint density at radius 3 is 2.46 bits per heavy atom. The summed E-state index contributed by atoms with van der Waals surface area (Å²) in [5, 5.41) is 0.954. The van der Waals surface area contributed by atoms with Gasteiger partial charge in [-0.3, -0.25) is 14.4 Å². The number of carbonyl (C=O) groups is 3. The van der Waals surface area contributed by atoms with Crippen LogP contribution in [0.5, 0.6) is 0 Å². The minimum absolute atomic E-state index is 0.0270. The van der Waals surface area contributed by atoms with Crippen LogP contribution in [0.3, 0.4) is 0 Å². The SMILES string of the molecule is O=C(COC(=O)[C@@H]1CC(=O)N(c2ccccc2Cl)C1)c1ccc(Cl)cc1. The van der Waals surface area contributed by atoms with Crippen molar-refractivity contribution in [1.82, 2.24) is 0 Å². The molecule has 1 atom stereocenters. The van der Waals surface area contributed by atoms with Crippen molar-refractivity contribution in [2.24, 2.45) is 5.92 Å². The van der Waals surface area contributed by atoms with Gasteiger partial charge in [0.1, 0.15) is 0 Å². The normalized spacial score (nSPS) is 16.6. The number of carbonyl (C=O) groups excluding carboxylic acids is 3. The molecule has 0 radical (unpaired) electrons. The average Bonchev–Trinajstić information content (AvgIpc) is 3.02. The van der Waals surface area contributed by atoms with Gasteiger partial charge in [0.25, 0.3) is 0 Å². The highest BCUT2D eigenvalue weighted by Crippen LogP contribution is 2.31.